The summed E-state index contributed by atoms with van der Waals surface area (Å²) >= 11 is 1.45. The molecule has 278 valence electrons. The molecule has 15 heteroatoms. The fourth-order valence-electron chi connectivity index (χ4n) is 8.80. The normalized spacial score (nSPS) is 27.3. The highest BCUT2D eigenvalue weighted by atomic mass is 32.2. The molecule has 0 aliphatic carbocycles. The molecule has 8 rings (SSSR count). The Morgan fingerprint density at radius 1 is 1.10 bits per heavy atom. The highest BCUT2D eigenvalue weighted by molar-refractivity contribution is 7.99. The van der Waals surface area contributed by atoms with Crippen LogP contribution in [0.5, 0.6) is 28.7 Å². The smallest absolute Gasteiger partial charge is 0.329 e. The summed E-state index contributed by atoms with van der Waals surface area (Å²) in [7, 11) is 5.19. The molecule has 6 heterocycles. The first kappa shape index (κ1) is 36.1. The van der Waals surface area contributed by atoms with Crippen LogP contribution in [-0.2, 0) is 30.3 Å². The summed E-state index contributed by atoms with van der Waals surface area (Å²) in [4.78, 5) is 43.8. The molecule has 14 nitrogen and oxygen atoms in total. The van der Waals surface area contributed by atoms with Gasteiger partial charge in [0.2, 0.25) is 12.7 Å². The molecule has 2 aromatic carbocycles. The molecule has 6 aliphatic heterocycles. The molecule has 4 bridgehead atoms. The first-order chi connectivity index (χ1) is 25.1. The Morgan fingerprint density at radius 2 is 1.87 bits per heavy atom. The van der Waals surface area contributed by atoms with Gasteiger partial charge in [0.1, 0.15) is 24.4 Å². The van der Waals surface area contributed by atoms with Crippen molar-refractivity contribution in [3.63, 3.8) is 0 Å². The monoisotopic (exact) mass is 736 g/mol. The molecule has 2 saturated heterocycles. The summed E-state index contributed by atoms with van der Waals surface area (Å²) in [5.74, 6) is 1.24. The molecular formula is C37H44N4O10S. The fraction of sp³-hybridized carbons (Fsp3) is 0.568. The molecule has 1 N–H and O–H groups in total. The number of fused-ring (bicyclic) bond motifs is 10. The average molecular weight is 737 g/mol. The Balaban J connectivity index is 1.52. The van der Waals surface area contributed by atoms with Crippen molar-refractivity contribution in [2.24, 2.45) is 0 Å². The second-order valence-electron chi connectivity index (χ2n) is 13.8. The minimum Gasteiger partial charge on any atom is -0.493 e. The molecule has 0 spiro atoms. The SMILES string of the molecule is CCCC(=O)N[C@H]1CS[C@@H]2c3c(OC(C)=O)c(C)c4c(c3[C@H](COC1=O)N1C2[C@H]2c3c(cc(C)c(OC)c3OCOC)C[C@@H]([C@@H]1C#N)N2C)OCO4. The number of carbonyl (C=O) groups is 3. The summed E-state index contributed by atoms with van der Waals surface area (Å²) in [6, 6.07) is 1.34. The molecule has 52 heavy (non-hydrogen) atoms. The van der Waals surface area contributed by atoms with Crippen LogP contribution in [0.4, 0.5) is 0 Å². The number of likely N-dealkylation sites (N-methyl/N-ethyl adjacent to an activating group) is 1. The highest BCUT2D eigenvalue weighted by Crippen LogP contribution is 2.64. The van der Waals surface area contributed by atoms with Crippen molar-refractivity contribution in [2.45, 2.75) is 88.5 Å². The van der Waals surface area contributed by atoms with E-state index in [0.29, 0.717) is 58.3 Å². The number of thioether (sulfide) groups is 1. The van der Waals surface area contributed by atoms with Crippen LogP contribution in [0.15, 0.2) is 6.07 Å². The van der Waals surface area contributed by atoms with E-state index in [1.165, 1.54) is 18.7 Å². The van der Waals surface area contributed by atoms with Crippen LogP contribution in [0.2, 0.25) is 0 Å². The molecule has 0 radical (unpaired) electrons. The number of rotatable bonds is 8. The van der Waals surface area contributed by atoms with E-state index >= 15 is 0 Å². The van der Waals surface area contributed by atoms with Crippen LogP contribution in [-0.4, -0.2) is 99.0 Å². The Bertz CT molecular complexity index is 1850. The number of hydrogen-bond acceptors (Lipinski definition) is 14. The number of nitriles is 1. The molecule has 6 aliphatic rings. The predicted octanol–water partition coefficient (Wildman–Crippen LogP) is 3.79. The molecule has 2 fully saturated rings. The number of carbonyl (C=O) groups excluding carboxylic acids is 3. The Labute approximate surface area is 306 Å². The lowest BCUT2D eigenvalue weighted by molar-refractivity contribution is -0.152. The van der Waals surface area contributed by atoms with E-state index < -0.39 is 41.4 Å². The number of hydrogen-bond donors (Lipinski definition) is 1. The molecule has 1 unspecified atom stereocenters. The van der Waals surface area contributed by atoms with E-state index in [9.17, 15) is 19.6 Å². The van der Waals surface area contributed by atoms with Gasteiger partial charge in [0.15, 0.2) is 29.8 Å². The van der Waals surface area contributed by atoms with Gasteiger partial charge in [0.05, 0.1) is 30.5 Å². The lowest BCUT2D eigenvalue weighted by atomic mass is 9.71. The quantitative estimate of drug-likeness (QED) is 0.237. The van der Waals surface area contributed by atoms with E-state index in [-0.39, 0.29) is 50.4 Å². The van der Waals surface area contributed by atoms with Crippen molar-refractivity contribution < 1.29 is 47.5 Å². The first-order valence-electron chi connectivity index (χ1n) is 17.5. The third-order valence-corrected chi connectivity index (χ3v) is 12.2. The van der Waals surface area contributed by atoms with Gasteiger partial charge in [-0.2, -0.15) is 5.26 Å². The number of amides is 1. The third kappa shape index (κ3) is 5.71. The number of methoxy groups -OCH3 is 2. The minimum absolute atomic E-state index is 0.0146. The highest BCUT2D eigenvalue weighted by Gasteiger charge is 2.61. The lowest BCUT2D eigenvalue weighted by Crippen LogP contribution is -2.69. The van der Waals surface area contributed by atoms with E-state index in [2.05, 4.69) is 27.3 Å². The van der Waals surface area contributed by atoms with Gasteiger partial charge in [-0.3, -0.25) is 19.4 Å². The first-order valence-corrected chi connectivity index (χ1v) is 18.5. The molecule has 0 aromatic heterocycles. The number of nitrogens with zero attached hydrogens (tertiary/aromatic N) is 3. The number of benzene rings is 2. The Hall–Kier alpha value is -4.23. The van der Waals surface area contributed by atoms with Crippen molar-refractivity contribution >= 4 is 29.6 Å². The predicted molar refractivity (Wildman–Crippen MR) is 188 cm³/mol. The Kier molecular flexibility index (Phi) is 9.94. The van der Waals surface area contributed by atoms with Crippen molar-refractivity contribution in [2.75, 3.05) is 47.2 Å². The lowest BCUT2D eigenvalue weighted by Gasteiger charge is -2.61. The number of ether oxygens (including phenoxy) is 7. The van der Waals surface area contributed by atoms with Gasteiger partial charge in [0, 0.05) is 60.5 Å². The zero-order valence-electron chi connectivity index (χ0n) is 30.4. The zero-order chi connectivity index (χ0) is 37.0. The molecule has 0 saturated carbocycles. The molecule has 7 atom stereocenters. The second-order valence-corrected chi connectivity index (χ2v) is 15.0. The standard InChI is InChI=1S/C37H44N4O10S/c1-8-9-25(43)39-21-14-52-36-28-27(35-33(49-16-50-35)18(3)32(28)51-19(4)42)24(13-47-37(21)44)41-23(12-38)22-11-20-10-17(2)31(46-7)34(48-15-45-6)26(20)29(30(36)41)40(22)5/h10,21-24,29-30,36H,8-9,11,13-16H2,1-7H3,(H,39,43)/t21-,22-,23-,24-,29+,30?,36+/m0/s1. The fourth-order valence-corrected chi connectivity index (χ4v) is 10.3. The molecular weight excluding hydrogens is 692 g/mol. The molecule has 1 amide bonds. The zero-order valence-corrected chi connectivity index (χ0v) is 31.2. The second kappa shape index (κ2) is 14.3. The maximum atomic E-state index is 13.7. The van der Waals surface area contributed by atoms with Gasteiger partial charge in [-0.05, 0) is 44.9 Å². The molecule has 2 aromatic rings. The van der Waals surface area contributed by atoms with E-state index in [1.807, 2.05) is 27.8 Å². The van der Waals surface area contributed by atoms with Crippen molar-refractivity contribution in [3.8, 4) is 34.8 Å². The summed E-state index contributed by atoms with van der Waals surface area (Å²) in [5.41, 5.74) is 4.80. The van der Waals surface area contributed by atoms with Crippen molar-refractivity contribution in [3.05, 3.63) is 39.4 Å². The van der Waals surface area contributed by atoms with Gasteiger partial charge >= 0.3 is 11.9 Å². The number of esters is 2. The summed E-state index contributed by atoms with van der Waals surface area (Å²) in [6.07, 6.45) is 1.43. The van der Waals surface area contributed by atoms with Gasteiger partial charge in [0.25, 0.3) is 0 Å². The van der Waals surface area contributed by atoms with Crippen LogP contribution in [0, 0.1) is 25.2 Å². The van der Waals surface area contributed by atoms with Crippen molar-refractivity contribution in [1.82, 2.24) is 15.1 Å². The van der Waals surface area contributed by atoms with Gasteiger partial charge in [-0.1, -0.05) is 13.0 Å². The van der Waals surface area contributed by atoms with Crippen LogP contribution < -0.4 is 29.0 Å². The van der Waals surface area contributed by atoms with Gasteiger partial charge < -0.3 is 38.5 Å². The Morgan fingerprint density at radius 3 is 2.56 bits per heavy atom. The van der Waals surface area contributed by atoms with Crippen LogP contribution in [0.1, 0.15) is 77.4 Å². The summed E-state index contributed by atoms with van der Waals surface area (Å²) < 4.78 is 42.0. The number of piperazine rings is 1. The van der Waals surface area contributed by atoms with E-state index in [0.717, 1.165) is 16.7 Å². The topological polar surface area (TPSA) is 158 Å². The number of aryl methyl sites for hydroxylation is 1. The van der Waals surface area contributed by atoms with Gasteiger partial charge in [-0.15, -0.1) is 11.8 Å². The maximum absolute atomic E-state index is 13.7. The van der Waals surface area contributed by atoms with Crippen molar-refractivity contribution in [1.29, 1.82) is 5.26 Å². The van der Waals surface area contributed by atoms with Crippen LogP contribution >= 0.6 is 11.8 Å². The van der Waals surface area contributed by atoms with Crippen LogP contribution in [0.3, 0.4) is 0 Å². The van der Waals surface area contributed by atoms with Crippen LogP contribution in [0.25, 0.3) is 0 Å². The van der Waals surface area contributed by atoms with E-state index in [4.69, 9.17) is 33.2 Å². The van der Waals surface area contributed by atoms with Gasteiger partial charge in [-0.25, -0.2) is 4.79 Å². The summed E-state index contributed by atoms with van der Waals surface area (Å²) in [6.45, 7) is 6.83. The van der Waals surface area contributed by atoms with E-state index in [1.54, 1.807) is 14.2 Å². The largest absolute Gasteiger partial charge is 0.493 e. The maximum Gasteiger partial charge on any atom is 0.329 e. The number of nitrogens with one attached hydrogen (secondary N) is 1. The average Bonchev–Trinajstić information content (AvgIpc) is 3.60. The third-order valence-electron chi connectivity index (χ3n) is 10.8. The minimum atomic E-state index is -0.935. The summed E-state index contributed by atoms with van der Waals surface area (Å²) in [5, 5.41) is 13.4.